The zero-order valence-electron chi connectivity index (χ0n) is 11.0. The van der Waals surface area contributed by atoms with Crippen LogP contribution in [0.3, 0.4) is 0 Å². The maximum absolute atomic E-state index is 12.3. The standard InChI is InChI=1S/C14H14ClN3O2/c1-8-16-7-10(15)13(17-8)14(19)18-11-3-2-4-12-9(11)5-6-20-12/h5-7,11H,2-4H2,1H3,(H,18,19)/t11-/m1/s1. The molecule has 0 aromatic carbocycles. The van der Waals surface area contributed by atoms with E-state index in [1.54, 1.807) is 13.2 Å². The van der Waals surface area contributed by atoms with Crippen molar-refractivity contribution in [1.82, 2.24) is 15.3 Å². The van der Waals surface area contributed by atoms with Gasteiger partial charge < -0.3 is 9.73 Å². The van der Waals surface area contributed by atoms with Gasteiger partial charge in [0.1, 0.15) is 17.3 Å². The van der Waals surface area contributed by atoms with Crippen LogP contribution in [0.25, 0.3) is 0 Å². The third kappa shape index (κ3) is 2.41. The van der Waals surface area contributed by atoms with E-state index in [2.05, 4.69) is 15.3 Å². The van der Waals surface area contributed by atoms with Crippen molar-refractivity contribution in [2.24, 2.45) is 0 Å². The molecule has 1 aliphatic carbocycles. The van der Waals surface area contributed by atoms with Gasteiger partial charge in [0.25, 0.3) is 5.91 Å². The quantitative estimate of drug-likeness (QED) is 0.924. The Hall–Kier alpha value is -1.88. The summed E-state index contributed by atoms with van der Waals surface area (Å²) in [6, 6.07) is 1.86. The zero-order valence-corrected chi connectivity index (χ0v) is 11.8. The Bertz CT molecular complexity index is 654. The Morgan fingerprint density at radius 2 is 2.40 bits per heavy atom. The number of carbonyl (C=O) groups excluding carboxylic acids is 1. The largest absolute Gasteiger partial charge is 0.469 e. The van der Waals surface area contributed by atoms with Crippen molar-refractivity contribution >= 4 is 17.5 Å². The molecule has 1 atom stereocenters. The lowest BCUT2D eigenvalue weighted by atomic mass is 9.93. The summed E-state index contributed by atoms with van der Waals surface area (Å²) < 4.78 is 5.41. The Balaban J connectivity index is 1.82. The first-order chi connectivity index (χ1) is 9.65. The molecule has 0 spiro atoms. The molecule has 0 unspecified atom stereocenters. The summed E-state index contributed by atoms with van der Waals surface area (Å²) in [6.07, 6.45) is 5.91. The molecule has 5 nitrogen and oxygen atoms in total. The molecule has 2 aromatic rings. The van der Waals surface area contributed by atoms with Crippen molar-refractivity contribution in [2.45, 2.75) is 32.2 Å². The fourth-order valence-corrected chi connectivity index (χ4v) is 2.65. The number of nitrogens with zero attached hydrogens (tertiary/aromatic N) is 2. The maximum atomic E-state index is 12.3. The van der Waals surface area contributed by atoms with Gasteiger partial charge in [-0.25, -0.2) is 9.97 Å². The molecule has 0 saturated heterocycles. The van der Waals surface area contributed by atoms with E-state index in [4.69, 9.17) is 16.0 Å². The number of hydrogen-bond acceptors (Lipinski definition) is 4. The van der Waals surface area contributed by atoms with E-state index in [0.717, 1.165) is 30.6 Å². The number of rotatable bonds is 2. The predicted octanol–water partition coefficient (Wildman–Crippen LogP) is 2.84. The van der Waals surface area contributed by atoms with Gasteiger partial charge in [0, 0.05) is 12.0 Å². The van der Waals surface area contributed by atoms with Crippen molar-refractivity contribution in [1.29, 1.82) is 0 Å². The molecular weight excluding hydrogens is 278 g/mol. The zero-order chi connectivity index (χ0) is 14.1. The summed E-state index contributed by atoms with van der Waals surface area (Å²) >= 11 is 5.98. The molecule has 0 fully saturated rings. The smallest absolute Gasteiger partial charge is 0.272 e. The van der Waals surface area contributed by atoms with Gasteiger partial charge in [0.05, 0.1) is 23.5 Å². The van der Waals surface area contributed by atoms with Crippen LogP contribution in [0.1, 0.15) is 46.5 Å². The van der Waals surface area contributed by atoms with E-state index in [9.17, 15) is 4.79 Å². The Labute approximate surface area is 121 Å². The molecule has 2 aromatic heterocycles. The number of nitrogens with one attached hydrogen (secondary N) is 1. The summed E-state index contributed by atoms with van der Waals surface area (Å²) in [5.41, 5.74) is 1.27. The monoisotopic (exact) mass is 291 g/mol. The Morgan fingerprint density at radius 3 is 3.25 bits per heavy atom. The van der Waals surface area contributed by atoms with Crippen molar-refractivity contribution < 1.29 is 9.21 Å². The second-order valence-corrected chi connectivity index (χ2v) is 5.24. The molecule has 0 radical (unpaired) electrons. The number of amides is 1. The number of carbonyl (C=O) groups is 1. The summed E-state index contributed by atoms with van der Waals surface area (Å²) in [5.74, 6) is 1.19. The average Bonchev–Trinajstić information content (AvgIpc) is 2.91. The minimum atomic E-state index is -0.278. The number of fused-ring (bicyclic) bond motifs is 1. The van der Waals surface area contributed by atoms with Crippen molar-refractivity contribution in [3.8, 4) is 0 Å². The molecule has 6 heteroatoms. The fourth-order valence-electron chi connectivity index (χ4n) is 2.48. The Morgan fingerprint density at radius 1 is 1.55 bits per heavy atom. The number of furan rings is 1. The van der Waals surface area contributed by atoms with Gasteiger partial charge in [-0.1, -0.05) is 11.6 Å². The lowest BCUT2D eigenvalue weighted by Crippen LogP contribution is -2.31. The van der Waals surface area contributed by atoms with E-state index < -0.39 is 0 Å². The van der Waals surface area contributed by atoms with Crippen molar-refractivity contribution in [2.75, 3.05) is 0 Å². The van der Waals surface area contributed by atoms with Gasteiger partial charge >= 0.3 is 0 Å². The number of halogens is 1. The van der Waals surface area contributed by atoms with Crippen LogP contribution >= 0.6 is 11.6 Å². The highest BCUT2D eigenvalue weighted by Crippen LogP contribution is 2.30. The topological polar surface area (TPSA) is 68.0 Å². The summed E-state index contributed by atoms with van der Waals surface area (Å²) in [6.45, 7) is 1.72. The van der Waals surface area contributed by atoms with E-state index in [1.807, 2.05) is 6.07 Å². The van der Waals surface area contributed by atoms with Crippen LogP contribution in [-0.2, 0) is 6.42 Å². The van der Waals surface area contributed by atoms with Crippen LogP contribution in [0.4, 0.5) is 0 Å². The first-order valence-electron chi connectivity index (χ1n) is 6.51. The van der Waals surface area contributed by atoms with E-state index in [1.165, 1.54) is 6.20 Å². The van der Waals surface area contributed by atoms with E-state index in [0.29, 0.717) is 5.82 Å². The van der Waals surface area contributed by atoms with Gasteiger partial charge in [-0.15, -0.1) is 0 Å². The van der Waals surface area contributed by atoms with Crippen LogP contribution in [0.5, 0.6) is 0 Å². The fraction of sp³-hybridized carbons (Fsp3) is 0.357. The number of aryl methyl sites for hydroxylation is 2. The predicted molar refractivity (Wildman–Crippen MR) is 73.6 cm³/mol. The van der Waals surface area contributed by atoms with E-state index in [-0.39, 0.29) is 22.7 Å². The first-order valence-corrected chi connectivity index (χ1v) is 6.89. The SMILES string of the molecule is Cc1ncc(Cl)c(C(=O)N[C@@H]2CCCc3occc32)n1. The second kappa shape index (κ2) is 5.25. The maximum Gasteiger partial charge on any atom is 0.272 e. The van der Waals surface area contributed by atoms with Gasteiger partial charge in [-0.2, -0.15) is 0 Å². The number of aromatic nitrogens is 2. The van der Waals surface area contributed by atoms with Gasteiger partial charge in [-0.05, 0) is 25.8 Å². The molecule has 20 heavy (non-hydrogen) atoms. The third-order valence-corrected chi connectivity index (χ3v) is 3.71. The third-order valence-electron chi connectivity index (χ3n) is 3.44. The molecule has 2 heterocycles. The van der Waals surface area contributed by atoms with E-state index >= 15 is 0 Å². The lowest BCUT2D eigenvalue weighted by molar-refractivity contribution is 0.0927. The van der Waals surface area contributed by atoms with Crippen molar-refractivity contribution in [3.05, 3.63) is 46.4 Å². The van der Waals surface area contributed by atoms with Gasteiger partial charge in [-0.3, -0.25) is 4.79 Å². The molecule has 0 aliphatic heterocycles. The molecule has 0 bridgehead atoms. The van der Waals surface area contributed by atoms with Gasteiger partial charge in [0.2, 0.25) is 0 Å². The highest BCUT2D eigenvalue weighted by molar-refractivity contribution is 6.33. The molecule has 1 aliphatic rings. The first kappa shape index (κ1) is 13.1. The highest BCUT2D eigenvalue weighted by atomic mass is 35.5. The highest BCUT2D eigenvalue weighted by Gasteiger charge is 2.25. The molecule has 3 rings (SSSR count). The summed E-state index contributed by atoms with van der Waals surface area (Å²) in [4.78, 5) is 20.4. The van der Waals surface area contributed by atoms with Crippen LogP contribution in [0.2, 0.25) is 5.02 Å². The summed E-state index contributed by atoms with van der Waals surface area (Å²) in [5, 5.41) is 3.23. The minimum Gasteiger partial charge on any atom is -0.469 e. The van der Waals surface area contributed by atoms with Crippen LogP contribution in [-0.4, -0.2) is 15.9 Å². The summed E-state index contributed by atoms with van der Waals surface area (Å²) in [7, 11) is 0. The number of hydrogen-bond donors (Lipinski definition) is 1. The van der Waals surface area contributed by atoms with Crippen LogP contribution < -0.4 is 5.32 Å². The second-order valence-electron chi connectivity index (χ2n) is 4.83. The molecular formula is C14H14ClN3O2. The average molecular weight is 292 g/mol. The molecule has 1 amide bonds. The Kier molecular flexibility index (Phi) is 3.44. The molecule has 1 N–H and O–H groups in total. The lowest BCUT2D eigenvalue weighted by Gasteiger charge is -2.22. The normalized spacial score (nSPS) is 17.6. The minimum absolute atomic E-state index is 0.0451. The molecule has 104 valence electrons. The van der Waals surface area contributed by atoms with Crippen molar-refractivity contribution in [3.63, 3.8) is 0 Å². The van der Waals surface area contributed by atoms with Crippen LogP contribution in [0, 0.1) is 6.92 Å². The van der Waals surface area contributed by atoms with Gasteiger partial charge in [0.15, 0.2) is 0 Å². The van der Waals surface area contributed by atoms with Crippen LogP contribution in [0.15, 0.2) is 22.9 Å². The molecule has 0 saturated carbocycles.